The molecule has 3 aromatic heterocycles. The summed E-state index contributed by atoms with van der Waals surface area (Å²) in [6.45, 7) is 4.46. The third-order valence-corrected chi connectivity index (χ3v) is 7.48. The van der Waals surface area contributed by atoms with Gasteiger partial charge in [-0.05, 0) is 45.4 Å². The van der Waals surface area contributed by atoms with Crippen molar-refractivity contribution in [2.45, 2.75) is 45.7 Å². The van der Waals surface area contributed by atoms with Crippen molar-refractivity contribution in [1.82, 2.24) is 25.1 Å². The smallest absolute Gasteiger partial charge is 0.310 e. The lowest BCUT2D eigenvalue weighted by Gasteiger charge is -2.43. The first-order valence-corrected chi connectivity index (χ1v) is 12.8. The van der Waals surface area contributed by atoms with Crippen molar-refractivity contribution in [3.05, 3.63) is 76.4 Å². The molecule has 4 heterocycles. The van der Waals surface area contributed by atoms with Gasteiger partial charge in [-0.2, -0.15) is 5.10 Å². The predicted octanol–water partition coefficient (Wildman–Crippen LogP) is 5.74. The van der Waals surface area contributed by atoms with Gasteiger partial charge in [0.2, 0.25) is 5.89 Å². The molecule has 1 aliphatic rings. The molecule has 1 saturated heterocycles. The van der Waals surface area contributed by atoms with Crippen molar-refractivity contribution < 1.29 is 23.1 Å². The van der Waals surface area contributed by atoms with E-state index in [0.717, 1.165) is 5.69 Å². The van der Waals surface area contributed by atoms with Gasteiger partial charge >= 0.3 is 5.97 Å². The zero-order valence-corrected chi connectivity index (χ0v) is 22.1. The molecule has 0 bridgehead atoms. The van der Waals surface area contributed by atoms with Crippen LogP contribution in [-0.2, 0) is 17.8 Å². The first kappa shape index (κ1) is 26.8. The summed E-state index contributed by atoms with van der Waals surface area (Å²) in [5.41, 5.74) is 0.481. The van der Waals surface area contributed by atoms with Crippen LogP contribution in [0.1, 0.15) is 36.7 Å². The monoisotopic (exact) mass is 556 g/mol. The number of halogens is 3. The summed E-state index contributed by atoms with van der Waals surface area (Å²) < 4.78 is 35.4. The largest absolute Gasteiger partial charge is 0.481 e. The second-order valence-corrected chi connectivity index (χ2v) is 10.4. The van der Waals surface area contributed by atoms with Crippen LogP contribution in [0.3, 0.4) is 0 Å². The average Bonchev–Trinajstić information content (AvgIpc) is 3.57. The number of carboxylic acids is 1. The minimum Gasteiger partial charge on any atom is -0.481 e. The second-order valence-electron chi connectivity index (χ2n) is 9.97. The number of nitrogens with one attached hydrogen (secondary N) is 2. The molecule has 0 aliphatic carbocycles. The van der Waals surface area contributed by atoms with Crippen molar-refractivity contribution >= 4 is 29.2 Å². The number of rotatable bonds is 8. The Morgan fingerprint density at radius 1 is 1.33 bits per heavy atom. The molecule has 0 unspecified atom stereocenters. The maximum absolute atomic E-state index is 15.5. The Morgan fingerprint density at radius 2 is 2.15 bits per heavy atom. The van der Waals surface area contributed by atoms with Gasteiger partial charge in [-0.1, -0.05) is 23.7 Å². The molecule has 12 heteroatoms. The maximum Gasteiger partial charge on any atom is 0.310 e. The Morgan fingerprint density at radius 3 is 2.82 bits per heavy atom. The zero-order chi connectivity index (χ0) is 27.7. The van der Waals surface area contributed by atoms with E-state index in [2.05, 4.69) is 25.5 Å². The molecular weight excluding hydrogens is 530 g/mol. The van der Waals surface area contributed by atoms with Crippen molar-refractivity contribution in [3.63, 3.8) is 0 Å². The number of benzene rings is 1. The van der Waals surface area contributed by atoms with Crippen LogP contribution in [0.4, 0.5) is 20.4 Å². The number of aromatic nitrogens is 4. The Balaban J connectivity index is 1.43. The lowest BCUT2D eigenvalue weighted by molar-refractivity contribution is -0.153. The summed E-state index contributed by atoms with van der Waals surface area (Å²) in [6, 6.07) is 7.86. The van der Waals surface area contributed by atoms with E-state index < -0.39 is 23.0 Å². The number of aromatic amines is 1. The maximum atomic E-state index is 15.5. The highest BCUT2D eigenvalue weighted by atomic mass is 35.5. The number of hydrogen-bond donors (Lipinski definition) is 3. The molecule has 4 aromatic rings. The number of carbonyl (C=O) groups is 1. The molecule has 2 atom stereocenters. The number of pyridine rings is 1. The van der Waals surface area contributed by atoms with E-state index in [1.54, 1.807) is 18.2 Å². The fraction of sp³-hybridized carbons (Fsp3) is 0.333. The van der Waals surface area contributed by atoms with Crippen molar-refractivity contribution in [2.24, 2.45) is 5.41 Å². The van der Waals surface area contributed by atoms with Gasteiger partial charge < -0.3 is 14.8 Å². The second kappa shape index (κ2) is 10.7. The zero-order valence-electron chi connectivity index (χ0n) is 21.3. The summed E-state index contributed by atoms with van der Waals surface area (Å²) in [4.78, 5) is 23.3. The fourth-order valence-corrected chi connectivity index (χ4v) is 5.34. The first-order valence-electron chi connectivity index (χ1n) is 12.4. The third kappa shape index (κ3) is 5.50. The molecule has 5 rings (SSSR count). The number of hydrogen-bond acceptors (Lipinski definition) is 7. The number of likely N-dealkylation sites (tertiary alicyclic amines) is 1. The highest BCUT2D eigenvalue weighted by molar-refractivity contribution is 6.30. The number of aryl methyl sites for hydroxylation is 1. The molecule has 0 saturated carbocycles. The quantitative estimate of drug-likeness (QED) is 0.251. The molecule has 1 fully saturated rings. The van der Waals surface area contributed by atoms with Crippen LogP contribution in [0.2, 0.25) is 5.02 Å². The van der Waals surface area contributed by atoms with E-state index in [0.29, 0.717) is 43.0 Å². The summed E-state index contributed by atoms with van der Waals surface area (Å²) in [6.07, 6.45) is 3.37. The lowest BCUT2D eigenvalue weighted by Crippen LogP contribution is -2.49. The molecule has 3 N–H and O–H groups in total. The van der Waals surface area contributed by atoms with Crippen LogP contribution in [-0.4, -0.2) is 48.7 Å². The van der Waals surface area contributed by atoms with Gasteiger partial charge in [-0.15, -0.1) is 0 Å². The molecule has 1 aliphatic heterocycles. The highest BCUT2D eigenvalue weighted by Crippen LogP contribution is 2.40. The molecule has 0 spiro atoms. The van der Waals surface area contributed by atoms with E-state index >= 15 is 4.39 Å². The third-order valence-electron chi connectivity index (χ3n) is 7.19. The molecule has 0 radical (unpaired) electrons. The van der Waals surface area contributed by atoms with Gasteiger partial charge in [0.05, 0.1) is 22.2 Å². The van der Waals surface area contributed by atoms with Crippen LogP contribution in [0.25, 0.3) is 11.5 Å². The lowest BCUT2D eigenvalue weighted by atomic mass is 9.72. The summed E-state index contributed by atoms with van der Waals surface area (Å²) >= 11 is 5.94. The highest BCUT2D eigenvalue weighted by Gasteiger charge is 2.45. The van der Waals surface area contributed by atoms with Gasteiger partial charge in [-0.3, -0.25) is 14.8 Å². The number of anilines is 2. The van der Waals surface area contributed by atoms with E-state index in [4.69, 9.17) is 16.0 Å². The normalized spacial score (nSPS) is 19.8. The fourth-order valence-electron chi connectivity index (χ4n) is 5.15. The molecule has 39 heavy (non-hydrogen) atoms. The Labute approximate surface area is 228 Å². The number of carboxylic acid groups (broad SMARTS) is 1. The minimum atomic E-state index is -1.17. The van der Waals surface area contributed by atoms with Gasteiger partial charge in [-0.25, -0.2) is 18.7 Å². The van der Waals surface area contributed by atoms with Crippen molar-refractivity contribution in [1.29, 1.82) is 0 Å². The van der Waals surface area contributed by atoms with Gasteiger partial charge in [0.25, 0.3) is 0 Å². The average molecular weight is 557 g/mol. The van der Waals surface area contributed by atoms with E-state index in [1.165, 1.54) is 24.6 Å². The number of oxazole rings is 1. The van der Waals surface area contributed by atoms with E-state index in [9.17, 15) is 14.3 Å². The summed E-state index contributed by atoms with van der Waals surface area (Å²) in [5, 5.41) is 20.2. The number of H-pyrrole nitrogens is 1. The van der Waals surface area contributed by atoms with Crippen LogP contribution < -0.4 is 5.32 Å². The summed E-state index contributed by atoms with van der Waals surface area (Å²) in [5.74, 6) is -1.84. The number of piperidine rings is 1. The minimum absolute atomic E-state index is 0.0496. The Hall–Kier alpha value is -3.83. The number of aliphatic carboxylic acids is 1. The van der Waals surface area contributed by atoms with Gasteiger partial charge in [0.15, 0.2) is 17.5 Å². The van der Waals surface area contributed by atoms with E-state index in [-0.39, 0.29) is 34.8 Å². The SMILES string of the molecule is Cc1cc(Nc2nc(C[C@@]3(C(=O)O)CCN(Cc4cccc(Cl)c4F)[C@H](C)C3)cc(-c3ncco3)c2F)n[nH]1. The first-order chi connectivity index (χ1) is 18.6. The van der Waals surface area contributed by atoms with Crippen LogP contribution in [0, 0.1) is 24.0 Å². The van der Waals surface area contributed by atoms with Crippen molar-refractivity contribution in [3.8, 4) is 11.5 Å². The Kier molecular flexibility index (Phi) is 7.37. The molecule has 1 aromatic carbocycles. The number of nitrogens with zero attached hydrogens (tertiary/aromatic N) is 4. The van der Waals surface area contributed by atoms with Gasteiger partial charge in [0.1, 0.15) is 12.1 Å². The topological polar surface area (TPSA) is 120 Å². The van der Waals surface area contributed by atoms with Gasteiger partial charge in [0, 0.05) is 42.0 Å². The van der Waals surface area contributed by atoms with Crippen LogP contribution >= 0.6 is 11.6 Å². The Bertz CT molecular complexity index is 1490. The van der Waals surface area contributed by atoms with E-state index in [1.807, 2.05) is 18.7 Å². The van der Waals surface area contributed by atoms with Crippen molar-refractivity contribution in [2.75, 3.05) is 11.9 Å². The molecule has 204 valence electrons. The predicted molar refractivity (Wildman–Crippen MR) is 141 cm³/mol. The summed E-state index contributed by atoms with van der Waals surface area (Å²) in [7, 11) is 0. The molecule has 9 nitrogen and oxygen atoms in total. The standard InChI is InChI=1S/C27H27ClF2N6O3/c1-15-10-21(35-34-15)33-24-23(30)19(25-31-7-9-39-25)11-18(32-24)13-27(26(37)38)6-8-36(16(2)12-27)14-17-4-3-5-20(28)22(17)29/h3-5,7,9-11,16H,6,8,12-14H2,1-2H3,(H,37,38)(H2,32,33,34,35)/t16-,27-/m1/s1. The molecule has 0 amide bonds. The van der Waals surface area contributed by atoms with Crippen LogP contribution in [0.5, 0.6) is 0 Å². The van der Waals surface area contributed by atoms with Crippen LogP contribution in [0.15, 0.2) is 47.2 Å². The molecular formula is C27H27ClF2N6O3.